The van der Waals surface area contributed by atoms with E-state index in [0.717, 1.165) is 19.6 Å². The molecule has 7 heteroatoms. The minimum Gasteiger partial charge on any atom is -0.381 e. The zero-order chi connectivity index (χ0) is 17.2. The van der Waals surface area contributed by atoms with Gasteiger partial charge in [0, 0.05) is 33.4 Å². The molecule has 22 heavy (non-hydrogen) atoms. The molecule has 0 unspecified atom stereocenters. The molecule has 0 saturated carbocycles. The van der Waals surface area contributed by atoms with Gasteiger partial charge in [0.25, 0.3) is 0 Å². The second kappa shape index (κ2) is 10.0. The van der Waals surface area contributed by atoms with Crippen LogP contribution in [0.15, 0.2) is 4.99 Å². The van der Waals surface area contributed by atoms with Crippen LogP contribution in [0.2, 0.25) is 0 Å². The minimum atomic E-state index is -3.11. The van der Waals surface area contributed by atoms with Gasteiger partial charge >= 0.3 is 0 Å². The molecule has 0 radical (unpaired) electrons. The summed E-state index contributed by atoms with van der Waals surface area (Å²) >= 11 is 0. The third-order valence-electron chi connectivity index (χ3n) is 3.03. The van der Waals surface area contributed by atoms with Gasteiger partial charge in [-0.15, -0.1) is 0 Å². The second-order valence-electron chi connectivity index (χ2n) is 6.68. The minimum absolute atomic E-state index is 0.0920. The third kappa shape index (κ3) is 9.25. The highest BCUT2D eigenvalue weighted by molar-refractivity contribution is 7.92. The molecule has 0 aliphatic carbocycles. The first-order valence-corrected chi connectivity index (χ1v) is 9.50. The normalized spacial score (nSPS) is 13.5. The molecule has 0 bridgehead atoms. The number of rotatable bonds is 9. The first-order chi connectivity index (χ1) is 10.1. The number of nitrogens with one attached hydrogen (secondary N) is 2. The lowest BCUT2D eigenvalue weighted by atomic mass is 10.2. The van der Waals surface area contributed by atoms with Crippen molar-refractivity contribution in [2.24, 2.45) is 10.9 Å². The quantitative estimate of drug-likeness (QED) is 0.378. The van der Waals surface area contributed by atoms with Gasteiger partial charge in [-0.3, -0.25) is 4.99 Å². The van der Waals surface area contributed by atoms with Crippen LogP contribution < -0.4 is 10.6 Å². The van der Waals surface area contributed by atoms with Crippen LogP contribution >= 0.6 is 0 Å². The number of hydrogen-bond acceptors (Lipinski definition) is 4. The summed E-state index contributed by atoms with van der Waals surface area (Å²) in [4.78, 5) is 4.07. The Morgan fingerprint density at radius 1 is 1.18 bits per heavy atom. The Bertz CT molecular complexity index is 426. The molecule has 0 atom stereocenters. The van der Waals surface area contributed by atoms with Gasteiger partial charge < -0.3 is 15.4 Å². The lowest BCUT2D eigenvalue weighted by Gasteiger charge is -2.19. The molecule has 0 aromatic rings. The van der Waals surface area contributed by atoms with E-state index in [2.05, 4.69) is 29.5 Å². The maximum absolute atomic E-state index is 12.0. The molecule has 132 valence electrons. The molecule has 0 saturated heterocycles. The van der Waals surface area contributed by atoms with E-state index in [1.165, 1.54) is 0 Å². The predicted molar refractivity (Wildman–Crippen MR) is 93.2 cm³/mol. The van der Waals surface area contributed by atoms with Crippen LogP contribution in [-0.4, -0.2) is 58.2 Å². The highest BCUT2D eigenvalue weighted by Gasteiger charge is 2.28. The van der Waals surface area contributed by atoms with E-state index in [9.17, 15) is 8.42 Å². The second-order valence-corrected chi connectivity index (χ2v) is 9.54. The number of nitrogens with zero attached hydrogens (tertiary/aromatic N) is 1. The van der Waals surface area contributed by atoms with E-state index in [1.807, 2.05) is 0 Å². The average Bonchev–Trinajstić information content (AvgIpc) is 2.38. The molecule has 0 spiro atoms. The van der Waals surface area contributed by atoms with Gasteiger partial charge in [-0.2, -0.15) is 0 Å². The molecule has 0 rings (SSSR count). The lowest BCUT2D eigenvalue weighted by Crippen LogP contribution is -2.42. The topological polar surface area (TPSA) is 79.8 Å². The molecule has 0 heterocycles. The smallest absolute Gasteiger partial charge is 0.191 e. The molecule has 2 N–H and O–H groups in total. The van der Waals surface area contributed by atoms with E-state index in [-0.39, 0.29) is 5.75 Å². The van der Waals surface area contributed by atoms with Gasteiger partial charge in [0.1, 0.15) is 0 Å². The van der Waals surface area contributed by atoms with Crippen molar-refractivity contribution in [2.75, 3.05) is 39.1 Å². The Labute approximate surface area is 136 Å². The number of ether oxygens (including phenoxy) is 1. The SMILES string of the molecule is CN=C(NCCCOCC(C)C)NCCS(=O)(=O)C(C)(C)C. The van der Waals surface area contributed by atoms with Crippen LogP contribution in [0, 0.1) is 5.92 Å². The highest BCUT2D eigenvalue weighted by atomic mass is 32.2. The first kappa shape index (κ1) is 21.2. The van der Waals surface area contributed by atoms with Crippen molar-refractivity contribution in [1.82, 2.24) is 10.6 Å². The number of aliphatic imine (C=N–C) groups is 1. The molecule has 0 aromatic heterocycles. The van der Waals surface area contributed by atoms with E-state index in [1.54, 1.807) is 27.8 Å². The van der Waals surface area contributed by atoms with Gasteiger partial charge in [0.15, 0.2) is 15.8 Å². The van der Waals surface area contributed by atoms with Crippen LogP contribution in [0.5, 0.6) is 0 Å². The van der Waals surface area contributed by atoms with Crippen molar-refractivity contribution < 1.29 is 13.2 Å². The number of sulfone groups is 1. The van der Waals surface area contributed by atoms with E-state index >= 15 is 0 Å². The van der Waals surface area contributed by atoms with Crippen LogP contribution in [0.3, 0.4) is 0 Å². The van der Waals surface area contributed by atoms with Crippen molar-refractivity contribution in [2.45, 2.75) is 45.8 Å². The fourth-order valence-corrected chi connectivity index (χ4v) is 2.51. The Balaban J connectivity index is 3.91. The number of hydrogen-bond donors (Lipinski definition) is 2. The molecule has 0 fully saturated rings. The maximum atomic E-state index is 12.0. The van der Waals surface area contributed by atoms with Gasteiger partial charge in [0.2, 0.25) is 0 Å². The van der Waals surface area contributed by atoms with Crippen LogP contribution in [0.1, 0.15) is 41.0 Å². The maximum Gasteiger partial charge on any atom is 0.191 e. The Hall–Kier alpha value is -0.820. The predicted octanol–water partition coefficient (Wildman–Crippen LogP) is 1.43. The Kier molecular flexibility index (Phi) is 9.67. The van der Waals surface area contributed by atoms with Crippen molar-refractivity contribution in [1.29, 1.82) is 0 Å². The average molecular weight is 336 g/mol. The van der Waals surface area contributed by atoms with Gasteiger partial charge in [0.05, 0.1) is 10.5 Å². The Morgan fingerprint density at radius 3 is 2.27 bits per heavy atom. The number of guanidine groups is 1. The zero-order valence-electron chi connectivity index (χ0n) is 14.9. The summed E-state index contributed by atoms with van der Waals surface area (Å²) in [5.41, 5.74) is 0. The summed E-state index contributed by atoms with van der Waals surface area (Å²) in [5.74, 6) is 1.26. The summed E-state index contributed by atoms with van der Waals surface area (Å²) in [6.07, 6.45) is 0.883. The molecule has 6 nitrogen and oxygen atoms in total. The van der Waals surface area contributed by atoms with E-state index in [4.69, 9.17) is 4.74 Å². The van der Waals surface area contributed by atoms with Crippen molar-refractivity contribution in [3.8, 4) is 0 Å². The largest absolute Gasteiger partial charge is 0.381 e. The first-order valence-electron chi connectivity index (χ1n) is 7.84. The van der Waals surface area contributed by atoms with Crippen molar-refractivity contribution in [3.63, 3.8) is 0 Å². The van der Waals surface area contributed by atoms with Crippen molar-refractivity contribution in [3.05, 3.63) is 0 Å². The summed E-state index contributed by atoms with van der Waals surface area (Å²) in [6.45, 7) is 12.0. The molecular weight excluding hydrogens is 302 g/mol. The molecule has 0 aromatic carbocycles. The standard InChI is InChI=1S/C15H33N3O3S/c1-13(2)12-21-10-7-8-17-14(16-6)18-9-11-22(19,20)15(3,4)5/h13H,7-12H2,1-6H3,(H2,16,17,18). The summed E-state index contributed by atoms with van der Waals surface area (Å²) < 4.78 is 28.8. The molecular formula is C15H33N3O3S. The van der Waals surface area contributed by atoms with Crippen LogP contribution in [0.25, 0.3) is 0 Å². The van der Waals surface area contributed by atoms with E-state index in [0.29, 0.717) is 25.0 Å². The van der Waals surface area contributed by atoms with Crippen molar-refractivity contribution >= 4 is 15.8 Å². The highest BCUT2D eigenvalue weighted by Crippen LogP contribution is 2.15. The molecule has 0 aliphatic rings. The van der Waals surface area contributed by atoms with Gasteiger partial charge in [-0.05, 0) is 33.1 Å². The Morgan fingerprint density at radius 2 is 1.77 bits per heavy atom. The third-order valence-corrected chi connectivity index (χ3v) is 5.64. The molecule has 0 amide bonds. The summed E-state index contributed by atoms with van der Waals surface area (Å²) in [5, 5.41) is 6.17. The van der Waals surface area contributed by atoms with Crippen LogP contribution in [0.4, 0.5) is 0 Å². The monoisotopic (exact) mass is 335 g/mol. The molecule has 0 aliphatic heterocycles. The summed E-state index contributed by atoms with van der Waals surface area (Å²) in [6, 6.07) is 0. The fourth-order valence-electron chi connectivity index (χ4n) is 1.53. The van der Waals surface area contributed by atoms with E-state index < -0.39 is 14.6 Å². The summed E-state index contributed by atoms with van der Waals surface area (Å²) in [7, 11) is -1.44. The zero-order valence-corrected chi connectivity index (χ0v) is 15.7. The van der Waals surface area contributed by atoms with Gasteiger partial charge in [-0.25, -0.2) is 8.42 Å². The van der Waals surface area contributed by atoms with Gasteiger partial charge in [-0.1, -0.05) is 13.8 Å². The fraction of sp³-hybridized carbons (Fsp3) is 0.933. The van der Waals surface area contributed by atoms with Crippen LogP contribution in [-0.2, 0) is 14.6 Å². The lowest BCUT2D eigenvalue weighted by molar-refractivity contribution is 0.108.